The van der Waals surface area contributed by atoms with Crippen LogP contribution < -0.4 is 5.32 Å². The summed E-state index contributed by atoms with van der Waals surface area (Å²) in [6.07, 6.45) is 0.128. The van der Waals surface area contributed by atoms with Gasteiger partial charge in [0, 0.05) is 18.9 Å². The average molecular weight is 349 g/mol. The number of carbonyl (C=O) groups is 1. The third-order valence-corrected chi connectivity index (χ3v) is 3.65. The minimum Gasteiger partial charge on any atom is -0.467 e. The molecule has 0 saturated heterocycles. The number of nitrogens with zero attached hydrogens (tertiary/aromatic N) is 2. The zero-order valence-corrected chi connectivity index (χ0v) is 12.9. The highest BCUT2D eigenvalue weighted by Crippen LogP contribution is 2.31. The molecule has 0 radical (unpaired) electrons. The van der Waals surface area contributed by atoms with E-state index in [1.54, 1.807) is 35.3 Å². The summed E-state index contributed by atoms with van der Waals surface area (Å²) >= 11 is 0. The number of amides is 1. The van der Waals surface area contributed by atoms with Crippen LogP contribution in [-0.2, 0) is 6.18 Å². The minimum absolute atomic E-state index is 0.0280. The second-order valence-corrected chi connectivity index (χ2v) is 5.27. The van der Waals surface area contributed by atoms with Crippen LogP contribution in [0.15, 0.2) is 65.5 Å². The van der Waals surface area contributed by atoms with Gasteiger partial charge in [0.1, 0.15) is 11.8 Å². The van der Waals surface area contributed by atoms with Crippen LogP contribution in [0.25, 0.3) is 0 Å². The highest BCUT2D eigenvalue weighted by molar-refractivity contribution is 5.95. The van der Waals surface area contributed by atoms with Crippen LogP contribution in [0.4, 0.5) is 13.2 Å². The Hall–Kier alpha value is -3.03. The Balaban J connectivity index is 1.80. The molecule has 25 heavy (non-hydrogen) atoms. The lowest BCUT2D eigenvalue weighted by Gasteiger charge is -2.17. The van der Waals surface area contributed by atoms with E-state index in [-0.39, 0.29) is 6.54 Å². The van der Waals surface area contributed by atoms with Crippen LogP contribution in [0.3, 0.4) is 0 Å². The fourth-order valence-electron chi connectivity index (χ4n) is 2.48. The van der Waals surface area contributed by atoms with Crippen molar-refractivity contribution in [3.05, 3.63) is 78.0 Å². The van der Waals surface area contributed by atoms with Gasteiger partial charge in [0.25, 0.3) is 5.91 Å². The van der Waals surface area contributed by atoms with Gasteiger partial charge in [-0.05, 0) is 30.3 Å². The maximum Gasteiger partial charge on any atom is 0.417 e. The molecule has 3 aromatic rings. The van der Waals surface area contributed by atoms with Crippen LogP contribution in [-0.4, -0.2) is 22.2 Å². The Morgan fingerprint density at radius 3 is 2.64 bits per heavy atom. The summed E-state index contributed by atoms with van der Waals surface area (Å²) in [5, 5.41) is 6.63. The molecule has 1 aromatic carbocycles. The molecule has 0 aliphatic carbocycles. The molecule has 130 valence electrons. The molecule has 0 saturated carbocycles. The van der Waals surface area contributed by atoms with Crippen LogP contribution in [0.1, 0.15) is 27.7 Å². The van der Waals surface area contributed by atoms with E-state index in [1.807, 2.05) is 0 Å². The molecule has 5 nitrogen and oxygen atoms in total. The molecule has 2 aromatic heterocycles. The second kappa shape index (κ2) is 6.84. The Bertz CT molecular complexity index is 793. The van der Waals surface area contributed by atoms with Crippen molar-refractivity contribution < 1.29 is 22.4 Å². The smallest absolute Gasteiger partial charge is 0.417 e. The van der Waals surface area contributed by atoms with Gasteiger partial charge < -0.3 is 9.73 Å². The minimum atomic E-state index is -4.60. The van der Waals surface area contributed by atoms with Crippen LogP contribution in [0, 0.1) is 0 Å². The normalized spacial score (nSPS) is 12.8. The molecule has 0 aliphatic rings. The van der Waals surface area contributed by atoms with Gasteiger partial charge in [-0.3, -0.25) is 9.48 Å². The SMILES string of the molecule is O=C(NCC(c1ccco1)n1cccn1)c1ccccc1C(F)(F)F. The van der Waals surface area contributed by atoms with Crippen molar-refractivity contribution >= 4 is 5.91 Å². The molecule has 1 amide bonds. The summed E-state index contributed by atoms with van der Waals surface area (Å²) in [4.78, 5) is 12.3. The molecule has 0 aliphatic heterocycles. The van der Waals surface area contributed by atoms with E-state index < -0.39 is 29.3 Å². The van der Waals surface area contributed by atoms with Gasteiger partial charge in [-0.15, -0.1) is 0 Å². The summed E-state index contributed by atoms with van der Waals surface area (Å²) in [6.45, 7) is 0.0280. The van der Waals surface area contributed by atoms with E-state index in [4.69, 9.17) is 4.42 Å². The zero-order chi connectivity index (χ0) is 17.9. The third kappa shape index (κ3) is 3.73. The summed E-state index contributed by atoms with van der Waals surface area (Å²) < 4.78 is 46.0. The van der Waals surface area contributed by atoms with Crippen molar-refractivity contribution in [3.8, 4) is 0 Å². The molecular formula is C17H14F3N3O2. The molecule has 0 spiro atoms. The first-order valence-corrected chi connectivity index (χ1v) is 7.44. The van der Waals surface area contributed by atoms with E-state index in [0.717, 1.165) is 12.1 Å². The highest BCUT2D eigenvalue weighted by Gasteiger charge is 2.35. The van der Waals surface area contributed by atoms with Crippen molar-refractivity contribution in [1.82, 2.24) is 15.1 Å². The van der Waals surface area contributed by atoms with Crippen LogP contribution >= 0.6 is 0 Å². The van der Waals surface area contributed by atoms with Crippen molar-refractivity contribution in [3.63, 3.8) is 0 Å². The number of carbonyl (C=O) groups excluding carboxylic acids is 1. The molecule has 1 N–H and O–H groups in total. The fraction of sp³-hybridized carbons (Fsp3) is 0.176. The monoisotopic (exact) mass is 349 g/mol. The van der Waals surface area contributed by atoms with Crippen molar-refractivity contribution in [2.45, 2.75) is 12.2 Å². The first kappa shape index (κ1) is 16.8. The van der Waals surface area contributed by atoms with Gasteiger partial charge in [0.05, 0.1) is 17.4 Å². The number of furan rings is 1. The molecular weight excluding hydrogens is 335 g/mol. The number of hydrogen-bond acceptors (Lipinski definition) is 3. The van der Waals surface area contributed by atoms with Gasteiger partial charge in [-0.2, -0.15) is 18.3 Å². The van der Waals surface area contributed by atoms with Crippen molar-refractivity contribution in [1.29, 1.82) is 0 Å². The van der Waals surface area contributed by atoms with Gasteiger partial charge >= 0.3 is 6.18 Å². The molecule has 1 atom stereocenters. The molecule has 2 heterocycles. The van der Waals surface area contributed by atoms with E-state index in [2.05, 4.69) is 10.4 Å². The largest absolute Gasteiger partial charge is 0.467 e. The number of aromatic nitrogens is 2. The van der Waals surface area contributed by atoms with E-state index in [0.29, 0.717) is 5.76 Å². The number of hydrogen-bond donors (Lipinski definition) is 1. The number of nitrogens with one attached hydrogen (secondary N) is 1. The predicted molar refractivity (Wildman–Crippen MR) is 82.9 cm³/mol. The lowest BCUT2D eigenvalue weighted by Crippen LogP contribution is -2.32. The van der Waals surface area contributed by atoms with Crippen molar-refractivity contribution in [2.75, 3.05) is 6.54 Å². The quantitative estimate of drug-likeness (QED) is 0.767. The Morgan fingerprint density at radius 2 is 2.00 bits per heavy atom. The number of benzene rings is 1. The van der Waals surface area contributed by atoms with Gasteiger partial charge in [0.2, 0.25) is 0 Å². The van der Waals surface area contributed by atoms with E-state index in [1.165, 1.54) is 18.4 Å². The Kier molecular flexibility index (Phi) is 4.60. The topological polar surface area (TPSA) is 60.1 Å². The number of rotatable bonds is 5. The van der Waals surface area contributed by atoms with Gasteiger partial charge in [-0.1, -0.05) is 12.1 Å². The molecule has 0 bridgehead atoms. The van der Waals surface area contributed by atoms with E-state index in [9.17, 15) is 18.0 Å². The molecule has 3 rings (SSSR count). The molecule has 1 unspecified atom stereocenters. The summed E-state index contributed by atoms with van der Waals surface area (Å²) in [7, 11) is 0. The maximum absolute atomic E-state index is 13.0. The van der Waals surface area contributed by atoms with E-state index >= 15 is 0 Å². The number of halogens is 3. The van der Waals surface area contributed by atoms with Gasteiger partial charge in [0.15, 0.2) is 0 Å². The lowest BCUT2D eigenvalue weighted by molar-refractivity contribution is -0.137. The molecule has 0 fully saturated rings. The standard InChI is InChI=1S/C17H14F3N3O2/c18-17(19,20)13-6-2-1-5-12(13)16(24)21-11-14(15-7-3-10-25-15)23-9-4-8-22-23/h1-10,14H,11H2,(H,21,24). The fourth-order valence-corrected chi connectivity index (χ4v) is 2.48. The van der Waals surface area contributed by atoms with Crippen LogP contribution in [0.5, 0.6) is 0 Å². The summed E-state index contributed by atoms with van der Waals surface area (Å²) in [5.41, 5.74) is -1.39. The lowest BCUT2D eigenvalue weighted by atomic mass is 10.1. The van der Waals surface area contributed by atoms with Crippen molar-refractivity contribution in [2.24, 2.45) is 0 Å². The predicted octanol–water partition coefficient (Wildman–Crippen LogP) is 3.51. The first-order valence-electron chi connectivity index (χ1n) is 7.44. The Morgan fingerprint density at radius 1 is 1.20 bits per heavy atom. The first-order chi connectivity index (χ1) is 12.0. The highest BCUT2D eigenvalue weighted by atomic mass is 19.4. The van der Waals surface area contributed by atoms with Crippen LogP contribution in [0.2, 0.25) is 0 Å². The number of alkyl halides is 3. The Labute approximate surface area is 141 Å². The molecule has 8 heteroatoms. The third-order valence-electron chi connectivity index (χ3n) is 3.65. The van der Waals surface area contributed by atoms with Gasteiger partial charge in [-0.25, -0.2) is 0 Å². The second-order valence-electron chi connectivity index (χ2n) is 5.27. The maximum atomic E-state index is 13.0. The average Bonchev–Trinajstić information content (AvgIpc) is 3.28. The summed E-state index contributed by atoms with van der Waals surface area (Å²) in [5.74, 6) is -0.273. The zero-order valence-electron chi connectivity index (χ0n) is 12.9. The summed E-state index contributed by atoms with van der Waals surface area (Å²) in [6, 6.07) is 9.30.